The minimum atomic E-state index is 0.211. The molecule has 0 radical (unpaired) electrons. The molecule has 2 rings (SSSR count). The van der Waals surface area contributed by atoms with Gasteiger partial charge in [-0.05, 0) is 25.3 Å². The summed E-state index contributed by atoms with van der Waals surface area (Å²) in [6.45, 7) is 4.90. The SMILES string of the molecule is CC(C)c1nc2c(s1)CC(CCN)CC2=O. The number of carbonyl (C=O) groups is 1. The normalized spacial score (nSPS) is 20.2. The lowest BCUT2D eigenvalue weighted by atomic mass is 9.88. The Morgan fingerprint density at radius 2 is 2.25 bits per heavy atom. The summed E-state index contributed by atoms with van der Waals surface area (Å²) in [4.78, 5) is 17.6. The molecule has 0 aliphatic heterocycles. The summed E-state index contributed by atoms with van der Waals surface area (Å²) in [6, 6.07) is 0. The average molecular weight is 238 g/mol. The van der Waals surface area contributed by atoms with E-state index in [1.165, 1.54) is 4.88 Å². The molecule has 0 saturated heterocycles. The van der Waals surface area contributed by atoms with Crippen molar-refractivity contribution >= 4 is 17.1 Å². The van der Waals surface area contributed by atoms with Crippen molar-refractivity contribution in [1.29, 1.82) is 0 Å². The first-order chi connectivity index (χ1) is 7.61. The Balaban J connectivity index is 2.25. The number of thiazole rings is 1. The van der Waals surface area contributed by atoms with Gasteiger partial charge in [-0.3, -0.25) is 4.79 Å². The number of ketones is 1. The summed E-state index contributed by atoms with van der Waals surface area (Å²) in [5.41, 5.74) is 6.29. The maximum atomic E-state index is 11.9. The molecular formula is C12H18N2OS. The summed E-state index contributed by atoms with van der Waals surface area (Å²) >= 11 is 1.70. The van der Waals surface area contributed by atoms with Crippen molar-refractivity contribution in [3.8, 4) is 0 Å². The molecular weight excluding hydrogens is 220 g/mol. The van der Waals surface area contributed by atoms with Crippen LogP contribution in [-0.4, -0.2) is 17.3 Å². The lowest BCUT2D eigenvalue weighted by Gasteiger charge is -2.18. The predicted octanol–water partition coefficient (Wildman–Crippen LogP) is 2.36. The maximum absolute atomic E-state index is 11.9. The van der Waals surface area contributed by atoms with Gasteiger partial charge in [0.15, 0.2) is 5.78 Å². The van der Waals surface area contributed by atoms with Crippen LogP contribution in [0.25, 0.3) is 0 Å². The first-order valence-corrected chi connectivity index (χ1v) is 6.66. The number of Topliss-reactive ketones (excluding diaryl/α,β-unsaturated/α-hetero) is 1. The summed E-state index contributed by atoms with van der Waals surface area (Å²) in [5, 5.41) is 1.09. The minimum Gasteiger partial charge on any atom is -0.330 e. The molecule has 1 aliphatic carbocycles. The Kier molecular flexibility index (Phi) is 3.40. The number of nitrogens with zero attached hydrogens (tertiary/aromatic N) is 1. The van der Waals surface area contributed by atoms with Crippen molar-refractivity contribution in [2.75, 3.05) is 6.54 Å². The van der Waals surface area contributed by atoms with Crippen molar-refractivity contribution in [1.82, 2.24) is 4.98 Å². The third-order valence-electron chi connectivity index (χ3n) is 2.99. The second kappa shape index (κ2) is 4.63. The van der Waals surface area contributed by atoms with Gasteiger partial charge in [0.25, 0.3) is 0 Å². The van der Waals surface area contributed by atoms with Crippen LogP contribution in [0.3, 0.4) is 0 Å². The van der Waals surface area contributed by atoms with Crippen LogP contribution in [0.5, 0.6) is 0 Å². The van der Waals surface area contributed by atoms with Crippen molar-refractivity contribution in [3.05, 3.63) is 15.6 Å². The smallest absolute Gasteiger partial charge is 0.182 e. The third-order valence-corrected chi connectivity index (χ3v) is 4.37. The molecule has 88 valence electrons. The molecule has 1 atom stereocenters. The van der Waals surface area contributed by atoms with Gasteiger partial charge in [-0.25, -0.2) is 4.98 Å². The number of rotatable bonds is 3. The van der Waals surface area contributed by atoms with Gasteiger partial charge in [0.1, 0.15) is 5.69 Å². The zero-order chi connectivity index (χ0) is 11.7. The highest BCUT2D eigenvalue weighted by Gasteiger charge is 2.28. The van der Waals surface area contributed by atoms with Crippen LogP contribution in [0.4, 0.5) is 0 Å². The number of hydrogen-bond acceptors (Lipinski definition) is 4. The van der Waals surface area contributed by atoms with Crippen LogP contribution in [0.2, 0.25) is 0 Å². The third kappa shape index (κ3) is 2.18. The van der Waals surface area contributed by atoms with E-state index >= 15 is 0 Å². The molecule has 3 nitrogen and oxygen atoms in total. The van der Waals surface area contributed by atoms with Crippen molar-refractivity contribution in [2.45, 2.75) is 39.0 Å². The van der Waals surface area contributed by atoms with Crippen LogP contribution in [-0.2, 0) is 6.42 Å². The highest BCUT2D eigenvalue weighted by Crippen LogP contribution is 2.33. The summed E-state index contributed by atoms with van der Waals surface area (Å²) in [7, 11) is 0. The molecule has 0 bridgehead atoms. The van der Waals surface area contributed by atoms with Crippen LogP contribution < -0.4 is 5.73 Å². The van der Waals surface area contributed by atoms with Crippen LogP contribution >= 0.6 is 11.3 Å². The molecule has 1 heterocycles. The lowest BCUT2D eigenvalue weighted by Crippen LogP contribution is -2.21. The Hall–Kier alpha value is -0.740. The van der Waals surface area contributed by atoms with E-state index in [0.717, 1.165) is 23.5 Å². The molecule has 1 aromatic heterocycles. The van der Waals surface area contributed by atoms with Crippen molar-refractivity contribution < 1.29 is 4.79 Å². The molecule has 0 spiro atoms. The van der Waals surface area contributed by atoms with E-state index in [1.54, 1.807) is 11.3 Å². The van der Waals surface area contributed by atoms with E-state index in [9.17, 15) is 4.79 Å². The first-order valence-electron chi connectivity index (χ1n) is 5.84. The van der Waals surface area contributed by atoms with Crippen LogP contribution in [0.1, 0.15) is 53.0 Å². The standard InChI is InChI=1S/C12H18N2OS/c1-7(2)12-14-11-9(15)5-8(3-4-13)6-10(11)16-12/h7-8H,3-6,13H2,1-2H3. The largest absolute Gasteiger partial charge is 0.330 e. The quantitative estimate of drug-likeness (QED) is 0.879. The fourth-order valence-electron chi connectivity index (χ4n) is 2.11. The van der Waals surface area contributed by atoms with Gasteiger partial charge in [0.2, 0.25) is 0 Å². The number of carbonyl (C=O) groups excluding carboxylic acids is 1. The fraction of sp³-hybridized carbons (Fsp3) is 0.667. The van der Waals surface area contributed by atoms with Gasteiger partial charge in [0, 0.05) is 17.2 Å². The summed E-state index contributed by atoms with van der Waals surface area (Å²) in [5.74, 6) is 1.06. The molecule has 4 heteroatoms. The Morgan fingerprint density at radius 3 is 2.88 bits per heavy atom. The van der Waals surface area contributed by atoms with E-state index in [1.807, 2.05) is 0 Å². The molecule has 0 saturated carbocycles. The summed E-state index contributed by atoms with van der Waals surface area (Å²) in [6.07, 6.45) is 2.56. The summed E-state index contributed by atoms with van der Waals surface area (Å²) < 4.78 is 0. The van der Waals surface area contributed by atoms with Gasteiger partial charge >= 0.3 is 0 Å². The zero-order valence-electron chi connectivity index (χ0n) is 9.82. The van der Waals surface area contributed by atoms with Gasteiger partial charge in [-0.15, -0.1) is 11.3 Å². The lowest BCUT2D eigenvalue weighted by molar-refractivity contribution is 0.0943. The molecule has 2 N–H and O–H groups in total. The monoisotopic (exact) mass is 238 g/mol. The molecule has 0 aromatic carbocycles. The predicted molar refractivity (Wildman–Crippen MR) is 66.0 cm³/mol. The molecule has 0 amide bonds. The maximum Gasteiger partial charge on any atom is 0.182 e. The van der Waals surface area contributed by atoms with E-state index < -0.39 is 0 Å². The second-order valence-corrected chi connectivity index (χ2v) is 5.87. The first kappa shape index (κ1) is 11.7. The molecule has 1 aliphatic rings. The van der Waals surface area contributed by atoms with Crippen LogP contribution in [0.15, 0.2) is 0 Å². The van der Waals surface area contributed by atoms with E-state index in [4.69, 9.17) is 5.73 Å². The highest BCUT2D eigenvalue weighted by molar-refractivity contribution is 7.12. The Bertz CT molecular complexity index is 398. The van der Waals surface area contributed by atoms with Crippen molar-refractivity contribution in [2.24, 2.45) is 11.7 Å². The second-order valence-electron chi connectivity index (χ2n) is 4.75. The zero-order valence-corrected chi connectivity index (χ0v) is 10.6. The number of nitrogens with two attached hydrogens (primary N) is 1. The number of fused-ring (bicyclic) bond motifs is 1. The van der Waals surface area contributed by atoms with E-state index in [0.29, 0.717) is 24.8 Å². The van der Waals surface area contributed by atoms with E-state index in [2.05, 4.69) is 18.8 Å². The number of hydrogen-bond donors (Lipinski definition) is 1. The Labute approximate surface area is 100 Å². The van der Waals surface area contributed by atoms with Gasteiger partial charge < -0.3 is 5.73 Å². The molecule has 1 aromatic rings. The topological polar surface area (TPSA) is 56.0 Å². The van der Waals surface area contributed by atoms with Crippen LogP contribution in [0, 0.1) is 5.92 Å². The van der Waals surface area contributed by atoms with Gasteiger partial charge in [-0.1, -0.05) is 13.8 Å². The number of aromatic nitrogens is 1. The van der Waals surface area contributed by atoms with Crippen molar-refractivity contribution in [3.63, 3.8) is 0 Å². The fourth-order valence-corrected chi connectivity index (χ4v) is 3.31. The Morgan fingerprint density at radius 1 is 1.50 bits per heavy atom. The minimum absolute atomic E-state index is 0.211. The van der Waals surface area contributed by atoms with Gasteiger partial charge in [-0.2, -0.15) is 0 Å². The average Bonchev–Trinajstić information content (AvgIpc) is 2.62. The highest BCUT2D eigenvalue weighted by atomic mass is 32.1. The molecule has 16 heavy (non-hydrogen) atoms. The molecule has 0 fully saturated rings. The van der Waals surface area contributed by atoms with E-state index in [-0.39, 0.29) is 5.78 Å². The molecule has 1 unspecified atom stereocenters. The van der Waals surface area contributed by atoms with Gasteiger partial charge in [0.05, 0.1) is 5.01 Å².